The van der Waals surface area contributed by atoms with E-state index in [2.05, 4.69) is 0 Å². The third kappa shape index (κ3) is 2.65. The van der Waals surface area contributed by atoms with E-state index in [1.54, 1.807) is 18.2 Å². The summed E-state index contributed by atoms with van der Waals surface area (Å²) in [5.41, 5.74) is 13.9. The lowest BCUT2D eigenvalue weighted by Gasteiger charge is -2.36. The van der Waals surface area contributed by atoms with Crippen LogP contribution >= 0.6 is 0 Å². The van der Waals surface area contributed by atoms with Gasteiger partial charge in [-0.25, -0.2) is 0 Å². The third-order valence-electron chi connectivity index (χ3n) is 5.43. The summed E-state index contributed by atoms with van der Waals surface area (Å²) in [5.74, 6) is 0.691. The van der Waals surface area contributed by atoms with E-state index in [4.69, 9.17) is 16.2 Å². The van der Waals surface area contributed by atoms with Crippen molar-refractivity contribution in [1.82, 2.24) is 0 Å². The molecule has 5 heteroatoms. The largest absolute Gasteiger partial charge is 0.485 e. The van der Waals surface area contributed by atoms with Crippen molar-refractivity contribution >= 4 is 11.8 Å². The topological polar surface area (TPSA) is 95.4 Å². The number of hydrogen-bond donors (Lipinski definition) is 2. The van der Waals surface area contributed by atoms with E-state index < -0.39 is 11.8 Å². The minimum atomic E-state index is -0.431. The molecule has 5 nitrogen and oxygen atoms in total. The molecule has 2 aliphatic rings. The van der Waals surface area contributed by atoms with E-state index >= 15 is 0 Å². The van der Waals surface area contributed by atoms with Gasteiger partial charge in [-0.2, -0.15) is 0 Å². The standard InChI is InChI=1S/C20H20N2O3/c21-19(23)12-6-4-11(5-7-12)18-15-3-1-2-14(15)16-10-13(20(22)24)8-9-17(16)25-18/h4-10,14-15,18H,1-3H2,(H2,21,23)(H2,22,24). The Morgan fingerprint density at radius 2 is 1.60 bits per heavy atom. The summed E-state index contributed by atoms with van der Waals surface area (Å²) in [4.78, 5) is 22.8. The molecule has 0 bridgehead atoms. The van der Waals surface area contributed by atoms with Crippen LogP contribution in [0, 0.1) is 5.92 Å². The van der Waals surface area contributed by atoms with Gasteiger partial charge in [0, 0.05) is 17.0 Å². The van der Waals surface area contributed by atoms with E-state index in [0.717, 1.165) is 36.1 Å². The van der Waals surface area contributed by atoms with E-state index in [0.29, 0.717) is 23.0 Å². The minimum absolute atomic E-state index is 0.0543. The Kier molecular flexibility index (Phi) is 3.71. The lowest BCUT2D eigenvalue weighted by Crippen LogP contribution is -2.27. The summed E-state index contributed by atoms with van der Waals surface area (Å²) in [7, 11) is 0. The van der Waals surface area contributed by atoms with Crippen molar-refractivity contribution in [2.75, 3.05) is 0 Å². The Morgan fingerprint density at radius 3 is 2.28 bits per heavy atom. The molecule has 128 valence electrons. The fourth-order valence-corrected chi connectivity index (χ4v) is 4.21. The second-order valence-electron chi connectivity index (χ2n) is 6.84. The highest BCUT2D eigenvalue weighted by atomic mass is 16.5. The average molecular weight is 336 g/mol. The number of fused-ring (bicyclic) bond motifs is 3. The highest BCUT2D eigenvalue weighted by Crippen LogP contribution is 2.53. The predicted molar refractivity (Wildman–Crippen MR) is 93.4 cm³/mol. The van der Waals surface area contributed by atoms with Crippen molar-refractivity contribution < 1.29 is 14.3 Å². The van der Waals surface area contributed by atoms with Gasteiger partial charge >= 0.3 is 0 Å². The number of nitrogens with two attached hydrogens (primary N) is 2. The van der Waals surface area contributed by atoms with Gasteiger partial charge in [0.25, 0.3) is 0 Å². The zero-order valence-corrected chi connectivity index (χ0v) is 13.8. The molecule has 2 aromatic carbocycles. The molecule has 0 saturated heterocycles. The number of carbonyl (C=O) groups excluding carboxylic acids is 2. The number of carbonyl (C=O) groups is 2. The highest BCUT2D eigenvalue weighted by Gasteiger charge is 2.42. The van der Waals surface area contributed by atoms with Crippen molar-refractivity contribution in [2.45, 2.75) is 31.3 Å². The molecule has 0 spiro atoms. The van der Waals surface area contributed by atoms with Crippen LogP contribution in [0.1, 0.15) is 63.1 Å². The van der Waals surface area contributed by atoms with Crippen LogP contribution in [-0.4, -0.2) is 11.8 Å². The number of benzene rings is 2. The molecule has 2 amide bonds. The molecule has 1 saturated carbocycles. The summed E-state index contributed by atoms with van der Waals surface area (Å²) >= 11 is 0. The van der Waals surface area contributed by atoms with Crippen LogP contribution in [-0.2, 0) is 0 Å². The molecule has 1 aliphatic carbocycles. The maximum Gasteiger partial charge on any atom is 0.248 e. The van der Waals surface area contributed by atoms with Gasteiger partial charge in [-0.1, -0.05) is 18.6 Å². The number of ether oxygens (including phenoxy) is 1. The van der Waals surface area contributed by atoms with Crippen LogP contribution in [0.3, 0.4) is 0 Å². The van der Waals surface area contributed by atoms with Crippen LogP contribution in [0.5, 0.6) is 5.75 Å². The molecule has 1 fully saturated rings. The summed E-state index contributed by atoms with van der Waals surface area (Å²) in [5, 5.41) is 0. The van der Waals surface area contributed by atoms with Crippen molar-refractivity contribution in [3.05, 3.63) is 64.7 Å². The van der Waals surface area contributed by atoms with E-state index in [1.807, 2.05) is 24.3 Å². The maximum absolute atomic E-state index is 11.5. The predicted octanol–water partition coefficient (Wildman–Crippen LogP) is 2.90. The van der Waals surface area contributed by atoms with Gasteiger partial charge in [0.05, 0.1) is 0 Å². The number of primary amides is 2. The van der Waals surface area contributed by atoms with Gasteiger partial charge < -0.3 is 16.2 Å². The molecular weight excluding hydrogens is 316 g/mol. The van der Waals surface area contributed by atoms with Gasteiger partial charge in [0.2, 0.25) is 11.8 Å². The summed E-state index contributed by atoms with van der Waals surface area (Å²) in [6, 6.07) is 12.8. The van der Waals surface area contributed by atoms with E-state index in [-0.39, 0.29) is 6.10 Å². The number of hydrogen-bond acceptors (Lipinski definition) is 3. The molecule has 2 aromatic rings. The maximum atomic E-state index is 11.5. The number of amides is 2. The zero-order chi connectivity index (χ0) is 17.6. The third-order valence-corrected chi connectivity index (χ3v) is 5.43. The molecule has 0 radical (unpaired) electrons. The smallest absolute Gasteiger partial charge is 0.248 e. The molecule has 4 rings (SSSR count). The fourth-order valence-electron chi connectivity index (χ4n) is 4.21. The highest BCUT2D eigenvalue weighted by molar-refractivity contribution is 5.93. The normalized spacial score (nSPS) is 24.1. The molecule has 3 unspecified atom stereocenters. The van der Waals surface area contributed by atoms with Gasteiger partial charge in [0.15, 0.2) is 0 Å². The van der Waals surface area contributed by atoms with Crippen LogP contribution < -0.4 is 16.2 Å². The molecule has 25 heavy (non-hydrogen) atoms. The van der Waals surface area contributed by atoms with E-state index in [9.17, 15) is 9.59 Å². The minimum Gasteiger partial charge on any atom is -0.485 e. The first-order valence-electron chi connectivity index (χ1n) is 8.55. The second kappa shape index (κ2) is 5.92. The van der Waals surface area contributed by atoms with Crippen molar-refractivity contribution in [3.8, 4) is 5.75 Å². The van der Waals surface area contributed by atoms with Gasteiger partial charge in [0.1, 0.15) is 11.9 Å². The second-order valence-corrected chi connectivity index (χ2v) is 6.84. The van der Waals surface area contributed by atoms with E-state index in [1.165, 1.54) is 0 Å². The summed E-state index contributed by atoms with van der Waals surface area (Å²) in [6.45, 7) is 0. The molecule has 0 aromatic heterocycles. The monoisotopic (exact) mass is 336 g/mol. The van der Waals surface area contributed by atoms with Crippen LogP contribution in [0.25, 0.3) is 0 Å². The first-order chi connectivity index (χ1) is 12.0. The van der Waals surface area contributed by atoms with Crippen molar-refractivity contribution in [1.29, 1.82) is 0 Å². The Morgan fingerprint density at radius 1 is 0.920 bits per heavy atom. The van der Waals surface area contributed by atoms with Gasteiger partial charge in [-0.15, -0.1) is 0 Å². The van der Waals surface area contributed by atoms with Crippen LogP contribution in [0.2, 0.25) is 0 Å². The van der Waals surface area contributed by atoms with Crippen molar-refractivity contribution in [2.24, 2.45) is 17.4 Å². The lowest BCUT2D eigenvalue weighted by molar-refractivity contribution is 0.0983. The molecule has 1 aliphatic heterocycles. The van der Waals surface area contributed by atoms with Crippen molar-refractivity contribution in [3.63, 3.8) is 0 Å². The molecule has 1 heterocycles. The molecular formula is C20H20N2O3. The molecule has 4 N–H and O–H groups in total. The molecule has 3 atom stereocenters. The zero-order valence-electron chi connectivity index (χ0n) is 13.8. The Labute approximate surface area is 146 Å². The summed E-state index contributed by atoms with van der Waals surface area (Å²) < 4.78 is 6.30. The Balaban J connectivity index is 1.72. The average Bonchev–Trinajstić information content (AvgIpc) is 3.10. The summed E-state index contributed by atoms with van der Waals surface area (Å²) in [6.07, 6.45) is 3.24. The lowest BCUT2D eigenvalue weighted by atomic mass is 9.79. The number of rotatable bonds is 3. The quantitative estimate of drug-likeness (QED) is 0.902. The Bertz CT molecular complexity index is 845. The van der Waals surface area contributed by atoms with Crippen LogP contribution in [0.4, 0.5) is 0 Å². The van der Waals surface area contributed by atoms with Gasteiger partial charge in [-0.3, -0.25) is 9.59 Å². The van der Waals surface area contributed by atoms with Gasteiger partial charge in [-0.05, 0) is 60.2 Å². The Hall–Kier alpha value is -2.82. The van der Waals surface area contributed by atoms with Crippen LogP contribution in [0.15, 0.2) is 42.5 Å². The first-order valence-corrected chi connectivity index (χ1v) is 8.55. The fraction of sp³-hybridized carbons (Fsp3) is 0.300. The first kappa shape index (κ1) is 15.7. The SMILES string of the molecule is NC(=O)c1ccc(C2Oc3ccc(C(N)=O)cc3C3CCCC32)cc1.